The molecule has 3 N–H and O–H groups in total. The van der Waals surface area contributed by atoms with Crippen molar-refractivity contribution in [3.05, 3.63) is 87.9 Å². The lowest BCUT2D eigenvalue weighted by atomic mass is 9.98. The van der Waals surface area contributed by atoms with Crippen molar-refractivity contribution in [1.29, 1.82) is 0 Å². The number of aliphatic carboxylic acids is 1. The number of anilines is 3. The Morgan fingerprint density at radius 2 is 1.64 bits per heavy atom. The van der Waals surface area contributed by atoms with Crippen molar-refractivity contribution in [3.8, 4) is 0 Å². The molecule has 2 amide bonds. The zero-order chi connectivity index (χ0) is 28.1. The van der Waals surface area contributed by atoms with Crippen molar-refractivity contribution < 1.29 is 19.5 Å². The zero-order valence-corrected chi connectivity index (χ0v) is 23.7. The Morgan fingerprint density at radius 1 is 0.949 bits per heavy atom. The minimum absolute atomic E-state index is 0.0283. The highest BCUT2D eigenvalue weighted by atomic mass is 79.9. The Balaban J connectivity index is 1.66. The number of benzene rings is 3. The van der Waals surface area contributed by atoms with Crippen LogP contribution in [0.2, 0.25) is 0 Å². The van der Waals surface area contributed by atoms with Gasteiger partial charge in [0.2, 0.25) is 5.91 Å². The van der Waals surface area contributed by atoms with E-state index in [4.69, 9.17) is 5.11 Å². The van der Waals surface area contributed by atoms with Gasteiger partial charge in [0.25, 0.3) is 5.91 Å². The van der Waals surface area contributed by atoms with E-state index in [9.17, 15) is 14.4 Å². The Kier molecular flexibility index (Phi) is 8.83. The maximum atomic E-state index is 13.2. The van der Waals surface area contributed by atoms with Crippen LogP contribution in [0.25, 0.3) is 11.3 Å². The summed E-state index contributed by atoms with van der Waals surface area (Å²) in [6.45, 7) is 0.676. The molecule has 9 heteroatoms. The molecule has 1 aliphatic heterocycles. The van der Waals surface area contributed by atoms with Crippen LogP contribution in [0, 0.1) is 0 Å². The molecule has 39 heavy (non-hydrogen) atoms. The third-order valence-electron chi connectivity index (χ3n) is 6.52. The van der Waals surface area contributed by atoms with Gasteiger partial charge in [0.1, 0.15) is 0 Å². The number of rotatable bonds is 10. The molecule has 0 saturated carbocycles. The third kappa shape index (κ3) is 6.93. The van der Waals surface area contributed by atoms with Crippen molar-refractivity contribution in [2.24, 2.45) is 0 Å². The van der Waals surface area contributed by atoms with Crippen molar-refractivity contribution >= 4 is 62.0 Å². The number of hydrogen-bond acceptors (Lipinski definition) is 5. The number of nitrogens with one attached hydrogen (secondary N) is 2. The van der Waals surface area contributed by atoms with Crippen LogP contribution in [0.15, 0.2) is 71.2 Å². The van der Waals surface area contributed by atoms with Crippen molar-refractivity contribution in [1.82, 2.24) is 4.90 Å². The van der Waals surface area contributed by atoms with Gasteiger partial charge in [-0.25, -0.2) is 0 Å². The van der Waals surface area contributed by atoms with Crippen LogP contribution in [0.5, 0.6) is 0 Å². The molecule has 0 radical (unpaired) electrons. The van der Waals surface area contributed by atoms with Crippen molar-refractivity contribution in [3.63, 3.8) is 0 Å². The molecule has 0 unspecified atom stereocenters. The lowest BCUT2D eigenvalue weighted by molar-refractivity contribution is -0.137. The molecule has 202 valence electrons. The van der Waals surface area contributed by atoms with Gasteiger partial charge in [-0.2, -0.15) is 0 Å². The highest BCUT2D eigenvalue weighted by Gasteiger charge is 2.28. The number of carbonyl (C=O) groups excluding carboxylic acids is 2. The number of carboxylic acids is 1. The van der Waals surface area contributed by atoms with E-state index in [1.54, 1.807) is 11.9 Å². The van der Waals surface area contributed by atoms with E-state index in [0.29, 0.717) is 30.7 Å². The average Bonchev–Trinajstić information content (AvgIpc) is 3.23. The van der Waals surface area contributed by atoms with Gasteiger partial charge in [-0.15, -0.1) is 0 Å². The van der Waals surface area contributed by atoms with Crippen LogP contribution in [0.1, 0.15) is 29.5 Å². The maximum absolute atomic E-state index is 13.2. The normalized spacial score (nSPS) is 13.6. The molecule has 8 nitrogen and oxygen atoms in total. The minimum Gasteiger partial charge on any atom is -0.481 e. The van der Waals surface area contributed by atoms with Gasteiger partial charge in [0, 0.05) is 47.8 Å². The number of aryl methyl sites for hydroxylation is 1. The fraction of sp³-hybridized carbons (Fsp3) is 0.233. The van der Waals surface area contributed by atoms with Crippen LogP contribution in [-0.4, -0.2) is 55.5 Å². The summed E-state index contributed by atoms with van der Waals surface area (Å²) in [5, 5.41) is 15.4. The summed E-state index contributed by atoms with van der Waals surface area (Å²) >= 11 is 3.46. The van der Waals surface area contributed by atoms with Crippen molar-refractivity contribution in [2.45, 2.75) is 19.3 Å². The minimum atomic E-state index is -0.845. The fourth-order valence-corrected chi connectivity index (χ4v) is 4.67. The first-order chi connectivity index (χ1) is 18.6. The van der Waals surface area contributed by atoms with Crippen LogP contribution in [0.3, 0.4) is 0 Å². The van der Waals surface area contributed by atoms with Crippen LogP contribution in [0.4, 0.5) is 17.1 Å². The highest BCUT2D eigenvalue weighted by Crippen LogP contribution is 2.39. The summed E-state index contributed by atoms with van der Waals surface area (Å²) < 4.78 is 0.861. The first-order valence-electron chi connectivity index (χ1n) is 12.6. The lowest BCUT2D eigenvalue weighted by Gasteiger charge is -2.20. The lowest BCUT2D eigenvalue weighted by Crippen LogP contribution is -2.29. The second-order valence-corrected chi connectivity index (χ2v) is 10.6. The van der Waals surface area contributed by atoms with Gasteiger partial charge >= 0.3 is 5.97 Å². The van der Waals surface area contributed by atoms with Gasteiger partial charge in [0.05, 0.1) is 17.0 Å². The third-order valence-corrected chi connectivity index (χ3v) is 7.01. The molecule has 0 aromatic heterocycles. The SMILES string of the molecule is CN(C)CCC(=O)N(C)c1ccc(NC(=C2C(=O)Nc3cc(Br)ccc32)c2ccc(CCC(=O)O)cc2)cc1. The van der Waals surface area contributed by atoms with Gasteiger partial charge in [-0.1, -0.05) is 46.3 Å². The molecule has 0 aliphatic carbocycles. The standard InChI is InChI=1S/C30H31BrN4O4/c1-34(2)17-16-26(36)35(3)23-12-10-22(11-13-23)32-29(20-7-4-19(5-8-20)6-15-27(37)38)28-24-14-9-21(31)18-25(24)33-30(28)39/h4-5,7-14,18,32H,6,15-17H2,1-3H3,(H,33,39)(H,37,38). The van der Waals surface area contributed by atoms with E-state index >= 15 is 0 Å². The topological polar surface area (TPSA) is 102 Å². The van der Waals surface area contributed by atoms with Gasteiger partial charge < -0.3 is 25.5 Å². The molecule has 1 heterocycles. The maximum Gasteiger partial charge on any atom is 0.303 e. The summed E-state index contributed by atoms with van der Waals surface area (Å²) in [7, 11) is 5.63. The highest BCUT2D eigenvalue weighted by molar-refractivity contribution is 9.10. The molecular formula is C30H31BrN4O4. The fourth-order valence-electron chi connectivity index (χ4n) is 4.31. The van der Waals surface area contributed by atoms with Crippen LogP contribution in [-0.2, 0) is 20.8 Å². The van der Waals surface area contributed by atoms with Crippen LogP contribution >= 0.6 is 15.9 Å². The Bertz CT molecular complexity index is 1420. The summed E-state index contributed by atoms with van der Waals surface area (Å²) in [6, 6.07) is 20.7. The number of halogens is 1. The Morgan fingerprint density at radius 3 is 2.28 bits per heavy atom. The largest absolute Gasteiger partial charge is 0.481 e. The predicted octanol–water partition coefficient (Wildman–Crippen LogP) is 5.31. The predicted molar refractivity (Wildman–Crippen MR) is 159 cm³/mol. The number of fused-ring (bicyclic) bond motifs is 1. The number of amides is 2. The number of nitrogens with zero attached hydrogens (tertiary/aromatic N) is 2. The van der Waals surface area contributed by atoms with E-state index < -0.39 is 5.97 Å². The molecule has 0 spiro atoms. The molecule has 0 bridgehead atoms. The van der Waals surface area contributed by atoms with E-state index in [2.05, 4.69) is 26.6 Å². The summed E-state index contributed by atoms with van der Waals surface area (Å²) in [6.07, 6.45) is 0.899. The van der Waals surface area contributed by atoms with E-state index in [1.807, 2.05) is 85.7 Å². The summed E-state index contributed by atoms with van der Waals surface area (Å²) in [5.74, 6) is -1.04. The van der Waals surface area contributed by atoms with Gasteiger partial charge in [0.15, 0.2) is 0 Å². The molecule has 1 aliphatic rings. The monoisotopic (exact) mass is 590 g/mol. The molecule has 0 atom stereocenters. The molecule has 3 aromatic rings. The molecule has 0 saturated heterocycles. The first kappa shape index (κ1) is 28.1. The Hall–Kier alpha value is -3.95. The molecular weight excluding hydrogens is 560 g/mol. The van der Waals surface area contributed by atoms with Gasteiger partial charge in [-0.3, -0.25) is 14.4 Å². The molecule has 4 rings (SSSR count). The smallest absolute Gasteiger partial charge is 0.303 e. The van der Waals surface area contributed by atoms with Gasteiger partial charge in [-0.05, 0) is 68.0 Å². The number of carboxylic acid groups (broad SMARTS) is 1. The van der Waals surface area contributed by atoms with E-state index in [-0.39, 0.29) is 18.2 Å². The Labute approximate surface area is 236 Å². The average molecular weight is 592 g/mol. The second kappa shape index (κ2) is 12.3. The van der Waals surface area contributed by atoms with Crippen molar-refractivity contribution in [2.75, 3.05) is 43.2 Å². The number of hydrogen-bond donors (Lipinski definition) is 3. The first-order valence-corrected chi connectivity index (χ1v) is 13.4. The molecule has 3 aromatic carbocycles. The summed E-state index contributed by atoms with van der Waals surface area (Å²) in [5.41, 5.74) is 5.85. The molecule has 0 fully saturated rings. The second-order valence-electron chi connectivity index (χ2n) is 9.66. The quantitative estimate of drug-likeness (QED) is 0.276. The number of carbonyl (C=O) groups is 3. The van der Waals surface area contributed by atoms with E-state index in [0.717, 1.165) is 38.2 Å². The van der Waals surface area contributed by atoms with E-state index in [1.165, 1.54) is 0 Å². The summed E-state index contributed by atoms with van der Waals surface area (Å²) in [4.78, 5) is 40.3. The van der Waals surface area contributed by atoms with Crippen LogP contribution < -0.4 is 15.5 Å². The zero-order valence-electron chi connectivity index (χ0n) is 22.1.